The molecule has 1 heterocycles. The highest BCUT2D eigenvalue weighted by atomic mass is 16.3. The molecule has 3 N–H and O–H groups in total. The van der Waals surface area contributed by atoms with Crippen molar-refractivity contribution in [2.45, 2.75) is 31.8 Å². The van der Waals surface area contributed by atoms with Crippen molar-refractivity contribution in [3.05, 3.63) is 29.8 Å². The molecule has 94 valence electrons. The van der Waals surface area contributed by atoms with Crippen molar-refractivity contribution in [3.63, 3.8) is 0 Å². The Bertz CT molecular complexity index is 366. The van der Waals surface area contributed by atoms with E-state index in [2.05, 4.69) is 11.0 Å². The highest BCUT2D eigenvalue weighted by molar-refractivity contribution is 5.46. The number of rotatable bonds is 3. The zero-order valence-electron chi connectivity index (χ0n) is 10.5. The Morgan fingerprint density at radius 1 is 1.29 bits per heavy atom. The van der Waals surface area contributed by atoms with Crippen LogP contribution in [0.5, 0.6) is 0 Å². The number of piperidine rings is 1. The molecule has 0 bridgehead atoms. The number of hydrogen-bond acceptors (Lipinski definition) is 3. The first kappa shape index (κ1) is 12.4. The van der Waals surface area contributed by atoms with Gasteiger partial charge >= 0.3 is 0 Å². The summed E-state index contributed by atoms with van der Waals surface area (Å²) < 4.78 is 0. The van der Waals surface area contributed by atoms with Crippen molar-refractivity contribution in [2.75, 3.05) is 25.4 Å². The predicted octanol–water partition coefficient (Wildman–Crippen LogP) is 1.66. The highest BCUT2D eigenvalue weighted by Crippen LogP contribution is 2.21. The maximum atomic E-state index is 9.87. The van der Waals surface area contributed by atoms with E-state index in [1.807, 2.05) is 25.1 Å². The summed E-state index contributed by atoms with van der Waals surface area (Å²) >= 11 is 0. The standard InChI is InChI=1S/C14H22N2O/c1-14(17)7-10-16(11-8-14)9-6-12-4-2-3-5-13(12)15/h2-5,17H,6-11,15H2,1H3. The predicted molar refractivity (Wildman–Crippen MR) is 70.9 cm³/mol. The number of hydrogen-bond donors (Lipinski definition) is 2. The van der Waals surface area contributed by atoms with Gasteiger partial charge in [-0.05, 0) is 37.8 Å². The Labute approximate surface area is 103 Å². The van der Waals surface area contributed by atoms with Crippen LogP contribution < -0.4 is 5.73 Å². The van der Waals surface area contributed by atoms with E-state index in [0.717, 1.165) is 44.6 Å². The Morgan fingerprint density at radius 3 is 2.59 bits per heavy atom. The van der Waals surface area contributed by atoms with Gasteiger partial charge in [-0.2, -0.15) is 0 Å². The first-order valence-electron chi connectivity index (χ1n) is 6.35. The van der Waals surface area contributed by atoms with Crippen molar-refractivity contribution in [1.82, 2.24) is 4.90 Å². The third kappa shape index (κ3) is 3.45. The second-order valence-corrected chi connectivity index (χ2v) is 5.29. The van der Waals surface area contributed by atoms with E-state index < -0.39 is 5.60 Å². The van der Waals surface area contributed by atoms with Crippen molar-refractivity contribution in [2.24, 2.45) is 0 Å². The fourth-order valence-electron chi connectivity index (χ4n) is 2.30. The minimum atomic E-state index is -0.456. The molecule has 0 aromatic heterocycles. The molecule has 17 heavy (non-hydrogen) atoms. The molecular weight excluding hydrogens is 212 g/mol. The largest absolute Gasteiger partial charge is 0.399 e. The van der Waals surface area contributed by atoms with Gasteiger partial charge in [-0.3, -0.25) is 0 Å². The molecule has 0 radical (unpaired) electrons. The van der Waals surface area contributed by atoms with Crippen LogP contribution in [-0.2, 0) is 6.42 Å². The molecule has 1 aromatic carbocycles. The average molecular weight is 234 g/mol. The lowest BCUT2D eigenvalue weighted by atomic mass is 9.93. The van der Waals surface area contributed by atoms with Crippen LogP contribution in [-0.4, -0.2) is 35.2 Å². The monoisotopic (exact) mass is 234 g/mol. The van der Waals surface area contributed by atoms with Gasteiger partial charge in [-0.15, -0.1) is 0 Å². The van der Waals surface area contributed by atoms with Crippen LogP contribution >= 0.6 is 0 Å². The minimum Gasteiger partial charge on any atom is -0.399 e. The molecule has 3 heteroatoms. The molecule has 1 saturated heterocycles. The summed E-state index contributed by atoms with van der Waals surface area (Å²) in [5.41, 5.74) is 7.58. The molecule has 0 aliphatic carbocycles. The van der Waals surface area contributed by atoms with Crippen molar-refractivity contribution in [1.29, 1.82) is 0 Å². The van der Waals surface area contributed by atoms with Crippen molar-refractivity contribution >= 4 is 5.69 Å². The lowest BCUT2D eigenvalue weighted by Crippen LogP contribution is -2.43. The smallest absolute Gasteiger partial charge is 0.0644 e. The molecule has 1 aliphatic heterocycles. The molecule has 0 unspecified atom stereocenters. The maximum absolute atomic E-state index is 9.87. The lowest BCUT2D eigenvalue weighted by molar-refractivity contribution is -0.00490. The molecule has 2 rings (SSSR count). The summed E-state index contributed by atoms with van der Waals surface area (Å²) in [4.78, 5) is 2.41. The second-order valence-electron chi connectivity index (χ2n) is 5.29. The first-order valence-corrected chi connectivity index (χ1v) is 6.35. The highest BCUT2D eigenvalue weighted by Gasteiger charge is 2.26. The van der Waals surface area contributed by atoms with Gasteiger partial charge in [0.15, 0.2) is 0 Å². The third-order valence-electron chi connectivity index (χ3n) is 3.69. The van der Waals surface area contributed by atoms with Gasteiger partial charge in [0, 0.05) is 25.3 Å². The molecule has 0 atom stereocenters. The third-order valence-corrected chi connectivity index (χ3v) is 3.69. The summed E-state index contributed by atoms with van der Waals surface area (Å²) in [6.07, 6.45) is 2.74. The van der Waals surface area contributed by atoms with Gasteiger partial charge in [-0.1, -0.05) is 18.2 Å². The Hall–Kier alpha value is -1.06. The van der Waals surface area contributed by atoms with Crippen molar-refractivity contribution < 1.29 is 5.11 Å². The quantitative estimate of drug-likeness (QED) is 0.782. The van der Waals surface area contributed by atoms with Gasteiger partial charge < -0.3 is 15.7 Å². The first-order chi connectivity index (χ1) is 8.07. The number of anilines is 1. The van der Waals surface area contributed by atoms with E-state index in [-0.39, 0.29) is 0 Å². The van der Waals surface area contributed by atoms with E-state index in [1.54, 1.807) is 0 Å². The molecule has 1 aromatic rings. The summed E-state index contributed by atoms with van der Waals surface area (Å²) in [7, 11) is 0. The summed E-state index contributed by atoms with van der Waals surface area (Å²) in [6, 6.07) is 8.05. The van der Waals surface area contributed by atoms with E-state index in [1.165, 1.54) is 5.56 Å². The zero-order chi connectivity index (χ0) is 12.3. The average Bonchev–Trinajstić information content (AvgIpc) is 2.30. The Balaban J connectivity index is 1.82. The lowest BCUT2D eigenvalue weighted by Gasteiger charge is -2.35. The summed E-state index contributed by atoms with van der Waals surface area (Å²) in [5.74, 6) is 0. The van der Waals surface area contributed by atoms with Crippen LogP contribution in [0.4, 0.5) is 5.69 Å². The van der Waals surface area contributed by atoms with Gasteiger partial charge in [0.05, 0.1) is 5.60 Å². The Morgan fingerprint density at radius 2 is 1.94 bits per heavy atom. The van der Waals surface area contributed by atoms with Crippen LogP contribution in [0.25, 0.3) is 0 Å². The zero-order valence-corrected chi connectivity index (χ0v) is 10.5. The maximum Gasteiger partial charge on any atom is 0.0644 e. The number of benzene rings is 1. The van der Waals surface area contributed by atoms with Crippen LogP contribution in [0.1, 0.15) is 25.3 Å². The fourth-order valence-corrected chi connectivity index (χ4v) is 2.30. The number of aliphatic hydroxyl groups is 1. The van der Waals surface area contributed by atoms with Gasteiger partial charge in [-0.25, -0.2) is 0 Å². The second kappa shape index (κ2) is 5.07. The van der Waals surface area contributed by atoms with Crippen LogP contribution in [0, 0.1) is 0 Å². The minimum absolute atomic E-state index is 0.456. The van der Waals surface area contributed by atoms with Crippen LogP contribution in [0.3, 0.4) is 0 Å². The number of nitrogens with zero attached hydrogens (tertiary/aromatic N) is 1. The molecule has 0 spiro atoms. The van der Waals surface area contributed by atoms with E-state index >= 15 is 0 Å². The van der Waals surface area contributed by atoms with Gasteiger partial charge in [0.1, 0.15) is 0 Å². The number of likely N-dealkylation sites (tertiary alicyclic amines) is 1. The molecule has 0 saturated carbocycles. The number of nitrogen functional groups attached to an aromatic ring is 1. The normalized spacial score (nSPS) is 20.4. The molecule has 3 nitrogen and oxygen atoms in total. The molecule has 1 aliphatic rings. The van der Waals surface area contributed by atoms with E-state index in [9.17, 15) is 5.11 Å². The SMILES string of the molecule is CC1(O)CCN(CCc2ccccc2N)CC1. The van der Waals surface area contributed by atoms with Crippen LogP contribution in [0.15, 0.2) is 24.3 Å². The summed E-state index contributed by atoms with van der Waals surface area (Å²) in [6.45, 7) is 4.93. The Kier molecular flexibility index (Phi) is 3.69. The van der Waals surface area contributed by atoms with Gasteiger partial charge in [0.25, 0.3) is 0 Å². The summed E-state index contributed by atoms with van der Waals surface area (Å²) in [5, 5.41) is 9.87. The topological polar surface area (TPSA) is 49.5 Å². The molecule has 1 fully saturated rings. The van der Waals surface area contributed by atoms with Crippen LogP contribution in [0.2, 0.25) is 0 Å². The number of nitrogens with two attached hydrogens (primary N) is 1. The molecule has 0 amide bonds. The van der Waals surface area contributed by atoms with E-state index in [0.29, 0.717) is 0 Å². The molecular formula is C14H22N2O. The number of para-hydroxylation sites is 1. The van der Waals surface area contributed by atoms with Crippen molar-refractivity contribution in [3.8, 4) is 0 Å². The fraction of sp³-hybridized carbons (Fsp3) is 0.571. The van der Waals surface area contributed by atoms with E-state index in [4.69, 9.17) is 5.73 Å². The van der Waals surface area contributed by atoms with Gasteiger partial charge in [0.2, 0.25) is 0 Å².